The minimum absolute atomic E-state index is 0.461. The fraction of sp³-hybridized carbons (Fsp3) is 0.316. The van der Waals surface area contributed by atoms with E-state index in [0.29, 0.717) is 6.42 Å². The normalized spacial score (nSPS) is 12.3. The summed E-state index contributed by atoms with van der Waals surface area (Å²) in [5.74, 6) is -0.754. The predicted octanol–water partition coefficient (Wildman–Crippen LogP) is 3.69. The maximum Gasteiger partial charge on any atom is 0.321 e. The maximum atomic E-state index is 11.5. The summed E-state index contributed by atoms with van der Waals surface area (Å²) in [6.07, 6.45) is 0.534. The van der Waals surface area contributed by atoms with Crippen LogP contribution in [0.3, 0.4) is 0 Å². The number of benzene rings is 2. The fourth-order valence-electron chi connectivity index (χ4n) is 2.72. The molecule has 0 saturated heterocycles. The van der Waals surface area contributed by atoms with Crippen molar-refractivity contribution in [3.8, 4) is 11.1 Å². The molecule has 0 amide bonds. The number of hydrogen-bond donors (Lipinski definition) is 1. The van der Waals surface area contributed by atoms with Gasteiger partial charge in [0.1, 0.15) is 6.04 Å². The molecule has 0 bridgehead atoms. The molecule has 1 N–H and O–H groups in total. The Kier molecular flexibility index (Phi) is 5.73. The summed E-state index contributed by atoms with van der Waals surface area (Å²) in [5, 5.41) is 9.46. The molecule has 0 aliphatic rings. The first kappa shape index (κ1) is 16.2. The van der Waals surface area contributed by atoms with Gasteiger partial charge in [0.2, 0.25) is 0 Å². The molecular weight excluding hydrogens is 274 g/mol. The second-order valence-electron chi connectivity index (χ2n) is 5.34. The first-order valence-electron chi connectivity index (χ1n) is 7.77. The Bertz CT molecular complexity index is 589. The van der Waals surface area contributed by atoms with E-state index >= 15 is 0 Å². The summed E-state index contributed by atoms with van der Waals surface area (Å²) in [5.41, 5.74) is 3.38. The Hall–Kier alpha value is -2.13. The van der Waals surface area contributed by atoms with Gasteiger partial charge in [0.15, 0.2) is 0 Å². The van der Waals surface area contributed by atoms with Gasteiger partial charge in [0.05, 0.1) is 0 Å². The van der Waals surface area contributed by atoms with E-state index in [0.717, 1.165) is 24.2 Å². The lowest BCUT2D eigenvalue weighted by molar-refractivity contribution is -0.143. The highest BCUT2D eigenvalue weighted by atomic mass is 16.4. The van der Waals surface area contributed by atoms with Gasteiger partial charge in [0.25, 0.3) is 0 Å². The summed E-state index contributed by atoms with van der Waals surface area (Å²) in [6, 6.07) is 17.9. The highest BCUT2D eigenvalue weighted by molar-refractivity contribution is 5.74. The monoisotopic (exact) mass is 297 g/mol. The Labute approximate surface area is 132 Å². The number of likely N-dealkylation sites (N-methyl/N-ethyl adjacent to an activating group) is 1. The lowest BCUT2D eigenvalue weighted by Gasteiger charge is -2.26. The smallest absolute Gasteiger partial charge is 0.321 e. The van der Waals surface area contributed by atoms with Crippen molar-refractivity contribution in [2.75, 3.05) is 13.1 Å². The molecule has 0 aromatic heterocycles. The van der Waals surface area contributed by atoms with E-state index in [4.69, 9.17) is 0 Å². The summed E-state index contributed by atoms with van der Waals surface area (Å²) < 4.78 is 0. The van der Waals surface area contributed by atoms with E-state index in [-0.39, 0.29) is 0 Å². The van der Waals surface area contributed by atoms with Gasteiger partial charge in [-0.3, -0.25) is 9.69 Å². The van der Waals surface area contributed by atoms with Gasteiger partial charge in [-0.1, -0.05) is 68.4 Å². The van der Waals surface area contributed by atoms with Gasteiger partial charge in [-0.05, 0) is 36.2 Å². The van der Waals surface area contributed by atoms with Gasteiger partial charge < -0.3 is 5.11 Å². The van der Waals surface area contributed by atoms with E-state index in [2.05, 4.69) is 24.3 Å². The molecule has 2 rings (SSSR count). The number of nitrogens with zero attached hydrogens (tertiary/aromatic N) is 1. The van der Waals surface area contributed by atoms with E-state index in [1.165, 1.54) is 5.56 Å². The standard InChI is InChI=1S/C19H23NO2/c1-3-20(4-2)18(19(21)22)14-15-10-12-17(13-11-15)16-8-6-5-7-9-16/h5-13,18H,3-4,14H2,1-2H3,(H,21,22). The Morgan fingerprint density at radius 3 is 2.00 bits per heavy atom. The third kappa shape index (κ3) is 3.95. The number of hydrogen-bond acceptors (Lipinski definition) is 2. The Morgan fingerprint density at radius 1 is 0.955 bits per heavy atom. The molecule has 0 spiro atoms. The van der Waals surface area contributed by atoms with Crippen molar-refractivity contribution in [3.05, 3.63) is 60.2 Å². The zero-order valence-electron chi connectivity index (χ0n) is 13.2. The SMILES string of the molecule is CCN(CC)C(Cc1ccc(-c2ccccc2)cc1)C(=O)O. The number of carbonyl (C=O) groups is 1. The summed E-state index contributed by atoms with van der Waals surface area (Å²) >= 11 is 0. The fourth-order valence-corrected chi connectivity index (χ4v) is 2.72. The maximum absolute atomic E-state index is 11.5. The summed E-state index contributed by atoms with van der Waals surface area (Å²) in [6.45, 7) is 5.49. The second kappa shape index (κ2) is 7.76. The van der Waals surface area contributed by atoms with Gasteiger partial charge in [0, 0.05) is 0 Å². The number of rotatable bonds is 7. The Balaban J connectivity index is 2.14. The molecule has 3 nitrogen and oxygen atoms in total. The third-order valence-electron chi connectivity index (χ3n) is 4.03. The molecule has 1 atom stereocenters. The largest absolute Gasteiger partial charge is 0.480 e. The van der Waals surface area contributed by atoms with Crippen molar-refractivity contribution in [3.63, 3.8) is 0 Å². The zero-order valence-corrected chi connectivity index (χ0v) is 13.2. The Morgan fingerprint density at radius 2 is 1.50 bits per heavy atom. The molecular formula is C19H23NO2. The van der Waals surface area contributed by atoms with Crippen molar-refractivity contribution in [2.45, 2.75) is 26.3 Å². The van der Waals surface area contributed by atoms with Crippen LogP contribution < -0.4 is 0 Å². The van der Waals surface area contributed by atoms with Crippen LogP contribution in [0, 0.1) is 0 Å². The average Bonchev–Trinajstić information content (AvgIpc) is 2.56. The van der Waals surface area contributed by atoms with E-state index in [1.54, 1.807) is 0 Å². The van der Waals surface area contributed by atoms with Crippen LogP contribution in [0.1, 0.15) is 19.4 Å². The van der Waals surface area contributed by atoms with Crippen molar-refractivity contribution < 1.29 is 9.90 Å². The van der Waals surface area contributed by atoms with E-state index in [9.17, 15) is 9.90 Å². The average molecular weight is 297 g/mol. The van der Waals surface area contributed by atoms with Crippen LogP contribution in [0.25, 0.3) is 11.1 Å². The van der Waals surface area contributed by atoms with Crippen LogP contribution in [0.5, 0.6) is 0 Å². The van der Waals surface area contributed by atoms with Crippen molar-refractivity contribution in [1.29, 1.82) is 0 Å². The topological polar surface area (TPSA) is 40.5 Å². The van der Waals surface area contributed by atoms with Crippen molar-refractivity contribution >= 4 is 5.97 Å². The predicted molar refractivity (Wildman–Crippen MR) is 89.9 cm³/mol. The highest BCUT2D eigenvalue weighted by Gasteiger charge is 2.23. The first-order valence-corrected chi connectivity index (χ1v) is 7.77. The highest BCUT2D eigenvalue weighted by Crippen LogP contribution is 2.20. The number of carboxylic acids is 1. The summed E-state index contributed by atoms with van der Waals surface area (Å²) in [7, 11) is 0. The lowest BCUT2D eigenvalue weighted by atomic mass is 10.00. The molecule has 0 saturated carbocycles. The van der Waals surface area contributed by atoms with Gasteiger partial charge >= 0.3 is 5.97 Å². The minimum Gasteiger partial charge on any atom is -0.480 e. The van der Waals surface area contributed by atoms with Crippen LogP contribution in [0.4, 0.5) is 0 Å². The van der Waals surface area contributed by atoms with Crippen molar-refractivity contribution in [1.82, 2.24) is 4.90 Å². The molecule has 2 aromatic carbocycles. The van der Waals surface area contributed by atoms with E-state index < -0.39 is 12.0 Å². The van der Waals surface area contributed by atoms with Gasteiger partial charge in [-0.25, -0.2) is 0 Å². The molecule has 2 aromatic rings. The van der Waals surface area contributed by atoms with Crippen LogP contribution in [0.15, 0.2) is 54.6 Å². The van der Waals surface area contributed by atoms with Gasteiger partial charge in [-0.2, -0.15) is 0 Å². The van der Waals surface area contributed by atoms with Gasteiger partial charge in [-0.15, -0.1) is 0 Å². The zero-order chi connectivity index (χ0) is 15.9. The van der Waals surface area contributed by atoms with Crippen LogP contribution in [-0.4, -0.2) is 35.1 Å². The molecule has 22 heavy (non-hydrogen) atoms. The molecule has 0 heterocycles. The van der Waals surface area contributed by atoms with E-state index in [1.807, 2.05) is 49.1 Å². The molecule has 0 aliphatic heterocycles. The third-order valence-corrected chi connectivity index (χ3v) is 4.03. The quantitative estimate of drug-likeness (QED) is 0.847. The molecule has 1 unspecified atom stereocenters. The van der Waals surface area contributed by atoms with Crippen molar-refractivity contribution in [2.24, 2.45) is 0 Å². The lowest BCUT2D eigenvalue weighted by Crippen LogP contribution is -2.42. The minimum atomic E-state index is -0.754. The summed E-state index contributed by atoms with van der Waals surface area (Å²) in [4.78, 5) is 13.5. The number of carboxylic acid groups (broad SMARTS) is 1. The molecule has 116 valence electrons. The van der Waals surface area contributed by atoms with Crippen LogP contribution >= 0.6 is 0 Å². The molecule has 0 radical (unpaired) electrons. The first-order chi connectivity index (χ1) is 10.7. The molecule has 3 heteroatoms. The van der Waals surface area contributed by atoms with Crippen LogP contribution in [0.2, 0.25) is 0 Å². The number of aliphatic carboxylic acids is 1. The second-order valence-corrected chi connectivity index (χ2v) is 5.34. The molecule has 0 aliphatic carbocycles. The molecule has 0 fully saturated rings. The van der Waals surface area contributed by atoms with Crippen LogP contribution in [-0.2, 0) is 11.2 Å².